The fraction of sp³-hybridized carbons (Fsp3) is 0.600. The van der Waals surface area contributed by atoms with Crippen LogP contribution in [0.4, 0.5) is 10.9 Å². The molecule has 28 heavy (non-hydrogen) atoms. The molecular formula is C20H28N6OS. The average Bonchev–Trinajstić information content (AvgIpc) is 3.27. The normalized spacial score (nSPS) is 19.9. The van der Waals surface area contributed by atoms with E-state index in [9.17, 15) is 4.79 Å². The third kappa shape index (κ3) is 4.50. The topological polar surface area (TPSA) is 83.0 Å². The summed E-state index contributed by atoms with van der Waals surface area (Å²) >= 11 is 1.29. The minimum Gasteiger partial charge on any atom is -0.368 e. The molecule has 2 aromatic heterocycles. The van der Waals surface area contributed by atoms with Crippen molar-refractivity contribution in [2.75, 3.05) is 30.3 Å². The number of likely N-dealkylation sites (tertiary alicyclic amines) is 1. The molecule has 4 rings (SSSR count). The van der Waals surface area contributed by atoms with E-state index >= 15 is 0 Å². The molecule has 7 nitrogen and oxygen atoms in total. The van der Waals surface area contributed by atoms with Crippen molar-refractivity contribution in [3.63, 3.8) is 0 Å². The quantitative estimate of drug-likeness (QED) is 0.768. The summed E-state index contributed by atoms with van der Waals surface area (Å²) in [7, 11) is 0. The first-order valence-electron chi connectivity index (χ1n) is 10.3. The molecule has 0 spiro atoms. The van der Waals surface area contributed by atoms with Crippen LogP contribution in [0, 0.1) is 0 Å². The van der Waals surface area contributed by atoms with E-state index in [-0.39, 0.29) is 11.4 Å². The molecule has 0 atom stereocenters. The summed E-state index contributed by atoms with van der Waals surface area (Å²) < 4.78 is 0. The van der Waals surface area contributed by atoms with Gasteiger partial charge in [-0.05, 0) is 50.9 Å². The first-order chi connectivity index (χ1) is 13.8. The molecule has 2 aromatic rings. The highest BCUT2D eigenvalue weighted by molar-refractivity contribution is 7.13. The lowest BCUT2D eigenvalue weighted by atomic mass is 9.79. The molecule has 0 bridgehead atoms. The van der Waals surface area contributed by atoms with Crippen molar-refractivity contribution in [2.24, 2.45) is 0 Å². The third-order valence-corrected chi connectivity index (χ3v) is 6.62. The zero-order chi connectivity index (χ0) is 19.2. The van der Waals surface area contributed by atoms with Gasteiger partial charge in [0.05, 0.1) is 5.56 Å². The summed E-state index contributed by atoms with van der Waals surface area (Å²) in [5, 5.41) is 14.3. The Kier molecular flexibility index (Phi) is 6.17. The highest BCUT2D eigenvalue weighted by atomic mass is 32.1. The summed E-state index contributed by atoms with van der Waals surface area (Å²) in [6, 6.07) is 3.70. The van der Waals surface area contributed by atoms with Crippen LogP contribution in [0.1, 0.15) is 61.7 Å². The van der Waals surface area contributed by atoms with Gasteiger partial charge in [0.15, 0.2) is 0 Å². The maximum absolute atomic E-state index is 12.2. The summed E-state index contributed by atoms with van der Waals surface area (Å²) in [6.07, 6.45) is 12.1. The van der Waals surface area contributed by atoms with E-state index in [0.29, 0.717) is 10.7 Å². The number of anilines is 2. The zero-order valence-electron chi connectivity index (χ0n) is 16.2. The Morgan fingerprint density at radius 1 is 1.11 bits per heavy atom. The lowest BCUT2D eigenvalue weighted by Crippen LogP contribution is -2.56. The van der Waals surface area contributed by atoms with E-state index in [1.165, 1.54) is 75.8 Å². The molecule has 1 aliphatic carbocycles. The first-order valence-corrected chi connectivity index (χ1v) is 11.2. The molecule has 1 saturated heterocycles. The van der Waals surface area contributed by atoms with Gasteiger partial charge in [-0.1, -0.05) is 37.0 Å². The van der Waals surface area contributed by atoms with Gasteiger partial charge in [-0.25, -0.2) is 4.98 Å². The second-order valence-electron chi connectivity index (χ2n) is 7.82. The number of aromatic nitrogens is 3. The molecule has 0 radical (unpaired) electrons. The number of pyridine rings is 1. The number of amides is 1. The van der Waals surface area contributed by atoms with Crippen molar-refractivity contribution in [2.45, 2.75) is 56.9 Å². The Labute approximate surface area is 170 Å². The van der Waals surface area contributed by atoms with E-state index in [2.05, 4.69) is 30.7 Å². The van der Waals surface area contributed by atoms with Crippen LogP contribution < -0.4 is 10.6 Å². The maximum atomic E-state index is 12.2. The first kappa shape index (κ1) is 19.3. The number of piperidine rings is 1. The molecule has 2 N–H and O–H groups in total. The van der Waals surface area contributed by atoms with Crippen LogP contribution in [0.2, 0.25) is 0 Å². The maximum Gasteiger partial charge on any atom is 0.259 e. The average molecular weight is 401 g/mol. The Balaban J connectivity index is 1.38. The van der Waals surface area contributed by atoms with Crippen molar-refractivity contribution >= 4 is 28.2 Å². The van der Waals surface area contributed by atoms with E-state index < -0.39 is 0 Å². The molecule has 0 aromatic carbocycles. The second kappa shape index (κ2) is 8.96. The molecule has 2 aliphatic rings. The van der Waals surface area contributed by atoms with Crippen LogP contribution in [-0.4, -0.2) is 51.2 Å². The van der Waals surface area contributed by atoms with Crippen molar-refractivity contribution < 1.29 is 4.79 Å². The molecule has 1 amide bonds. The number of nitrogens with zero attached hydrogens (tertiary/aromatic N) is 4. The molecule has 0 unspecified atom stereocenters. The van der Waals surface area contributed by atoms with Gasteiger partial charge in [0.2, 0.25) is 5.13 Å². The van der Waals surface area contributed by atoms with Crippen molar-refractivity contribution in [3.05, 3.63) is 29.4 Å². The minimum absolute atomic E-state index is 0.215. The standard InChI is InChI=1S/C20H28N6OS/c27-18(24-19-25-23-15-28-19)16-7-8-17(21-13-16)22-14-20(9-3-1-4-10-20)26-11-5-2-6-12-26/h7-8,13,15H,1-6,9-12,14H2,(H,21,22)(H,24,25,27). The monoisotopic (exact) mass is 400 g/mol. The predicted octanol–water partition coefficient (Wildman–Crippen LogP) is 3.79. The number of carbonyl (C=O) groups excluding carboxylic acids is 1. The molecule has 3 heterocycles. The number of nitrogens with one attached hydrogen (secondary N) is 2. The zero-order valence-corrected chi connectivity index (χ0v) is 17.0. The van der Waals surface area contributed by atoms with Gasteiger partial charge in [0.25, 0.3) is 5.91 Å². The lowest BCUT2D eigenvalue weighted by Gasteiger charge is -2.48. The Bertz CT molecular complexity index is 752. The largest absolute Gasteiger partial charge is 0.368 e. The van der Waals surface area contributed by atoms with Gasteiger partial charge in [-0.2, -0.15) is 0 Å². The van der Waals surface area contributed by atoms with Crippen LogP contribution in [0.5, 0.6) is 0 Å². The van der Waals surface area contributed by atoms with Gasteiger partial charge in [0, 0.05) is 18.3 Å². The van der Waals surface area contributed by atoms with Crippen molar-refractivity contribution in [3.8, 4) is 0 Å². The summed E-state index contributed by atoms with van der Waals surface area (Å²) in [6.45, 7) is 3.37. The molecule has 150 valence electrons. The predicted molar refractivity (Wildman–Crippen MR) is 112 cm³/mol. The summed E-state index contributed by atoms with van der Waals surface area (Å²) in [5.74, 6) is 0.613. The fourth-order valence-electron chi connectivity index (χ4n) is 4.47. The number of carbonyl (C=O) groups is 1. The van der Waals surface area contributed by atoms with E-state index in [4.69, 9.17) is 0 Å². The van der Waals surface area contributed by atoms with Gasteiger partial charge in [-0.3, -0.25) is 15.0 Å². The van der Waals surface area contributed by atoms with Crippen LogP contribution in [0.3, 0.4) is 0 Å². The van der Waals surface area contributed by atoms with Gasteiger partial charge in [0.1, 0.15) is 11.3 Å². The highest BCUT2D eigenvalue weighted by Gasteiger charge is 2.38. The molecule has 8 heteroatoms. The number of hydrogen-bond acceptors (Lipinski definition) is 7. The number of hydrogen-bond donors (Lipinski definition) is 2. The molecule has 1 aliphatic heterocycles. The summed E-state index contributed by atoms with van der Waals surface area (Å²) in [5.41, 5.74) is 2.36. The lowest BCUT2D eigenvalue weighted by molar-refractivity contribution is 0.0437. The molecule has 1 saturated carbocycles. The highest BCUT2D eigenvalue weighted by Crippen LogP contribution is 2.35. The van der Waals surface area contributed by atoms with Gasteiger partial charge in [-0.15, -0.1) is 10.2 Å². The van der Waals surface area contributed by atoms with Gasteiger partial charge < -0.3 is 5.32 Å². The Hall–Kier alpha value is -2.06. The van der Waals surface area contributed by atoms with Gasteiger partial charge >= 0.3 is 0 Å². The van der Waals surface area contributed by atoms with Crippen LogP contribution in [-0.2, 0) is 0 Å². The van der Waals surface area contributed by atoms with E-state index in [1.54, 1.807) is 17.8 Å². The fourth-order valence-corrected chi connectivity index (χ4v) is 4.91. The van der Waals surface area contributed by atoms with Crippen molar-refractivity contribution in [1.29, 1.82) is 0 Å². The molecule has 2 fully saturated rings. The van der Waals surface area contributed by atoms with E-state index in [0.717, 1.165) is 12.4 Å². The van der Waals surface area contributed by atoms with Crippen LogP contribution in [0.15, 0.2) is 23.8 Å². The number of rotatable bonds is 6. The minimum atomic E-state index is -0.215. The van der Waals surface area contributed by atoms with E-state index in [1.807, 2.05) is 6.07 Å². The second-order valence-corrected chi connectivity index (χ2v) is 8.65. The van der Waals surface area contributed by atoms with Crippen LogP contribution >= 0.6 is 11.3 Å². The Morgan fingerprint density at radius 3 is 2.57 bits per heavy atom. The third-order valence-electron chi connectivity index (χ3n) is 6.02. The SMILES string of the molecule is O=C(Nc1nncs1)c1ccc(NCC2(N3CCCCC3)CCCCC2)nc1. The smallest absolute Gasteiger partial charge is 0.259 e. The Morgan fingerprint density at radius 2 is 1.89 bits per heavy atom. The molecular weight excluding hydrogens is 372 g/mol. The van der Waals surface area contributed by atoms with Crippen LogP contribution in [0.25, 0.3) is 0 Å². The summed E-state index contributed by atoms with van der Waals surface area (Å²) in [4.78, 5) is 19.4. The van der Waals surface area contributed by atoms with Crippen molar-refractivity contribution in [1.82, 2.24) is 20.1 Å².